The molecule has 2 heterocycles. The van der Waals surface area contributed by atoms with Crippen molar-refractivity contribution >= 4 is 17.1 Å². The molecule has 132 valence electrons. The molecule has 7 nitrogen and oxygen atoms in total. The smallest absolute Gasteiger partial charge is 0.410 e. The molecule has 1 fully saturated rings. The van der Waals surface area contributed by atoms with Gasteiger partial charge >= 0.3 is 6.09 Å². The minimum Gasteiger partial charge on any atom is -0.444 e. The maximum Gasteiger partial charge on any atom is 0.410 e. The number of aromatic nitrogens is 3. The summed E-state index contributed by atoms with van der Waals surface area (Å²) < 4.78 is 20.9. The Kier molecular flexibility index (Phi) is 4.33. The summed E-state index contributed by atoms with van der Waals surface area (Å²) in [5, 5.41) is 17.3. The lowest BCUT2D eigenvalue weighted by atomic mass is 10.1. The quantitative estimate of drug-likeness (QED) is 0.835. The van der Waals surface area contributed by atoms with Crippen LogP contribution in [-0.2, 0) is 11.3 Å². The lowest BCUT2D eigenvalue weighted by Crippen LogP contribution is -2.41. The molecule has 1 aliphatic rings. The van der Waals surface area contributed by atoms with Gasteiger partial charge in [0, 0.05) is 6.54 Å². The van der Waals surface area contributed by atoms with Gasteiger partial charge in [0.15, 0.2) is 0 Å². The van der Waals surface area contributed by atoms with Crippen molar-refractivity contribution < 1.29 is 13.9 Å². The van der Waals surface area contributed by atoms with Crippen LogP contribution >= 0.6 is 0 Å². The van der Waals surface area contributed by atoms with Gasteiger partial charge in [-0.05, 0) is 45.7 Å². The van der Waals surface area contributed by atoms with E-state index in [1.165, 1.54) is 16.8 Å². The molecule has 25 heavy (non-hydrogen) atoms. The Morgan fingerprint density at radius 1 is 1.48 bits per heavy atom. The van der Waals surface area contributed by atoms with Crippen LogP contribution in [0.2, 0.25) is 0 Å². The molecular formula is C17H20FN5O2. The van der Waals surface area contributed by atoms with Crippen molar-refractivity contribution in [2.24, 2.45) is 0 Å². The topological polar surface area (TPSA) is 84.0 Å². The second-order valence-corrected chi connectivity index (χ2v) is 7.14. The van der Waals surface area contributed by atoms with Crippen molar-refractivity contribution in [3.8, 4) is 6.07 Å². The van der Waals surface area contributed by atoms with E-state index in [9.17, 15) is 14.4 Å². The van der Waals surface area contributed by atoms with E-state index in [2.05, 4.69) is 10.3 Å². The first-order valence-electron chi connectivity index (χ1n) is 8.21. The molecule has 1 unspecified atom stereocenters. The molecule has 1 aromatic heterocycles. The highest BCUT2D eigenvalue weighted by atomic mass is 19.1. The Labute approximate surface area is 145 Å². The summed E-state index contributed by atoms with van der Waals surface area (Å²) in [6.07, 6.45) is 1.28. The molecule has 2 aromatic rings. The average Bonchev–Trinajstić information content (AvgIpc) is 3.13. The number of likely N-dealkylation sites (tertiary alicyclic amines) is 1. The Morgan fingerprint density at radius 2 is 2.24 bits per heavy atom. The number of hydrogen-bond donors (Lipinski definition) is 0. The second kappa shape index (κ2) is 6.31. The Hall–Kier alpha value is -2.69. The number of hydrogen-bond acceptors (Lipinski definition) is 5. The number of fused-ring (bicyclic) bond motifs is 1. The van der Waals surface area contributed by atoms with Crippen molar-refractivity contribution in [3.63, 3.8) is 0 Å². The minimum atomic E-state index is -0.603. The highest BCUT2D eigenvalue weighted by molar-refractivity contribution is 5.81. The number of amides is 1. The third-order valence-electron chi connectivity index (χ3n) is 4.12. The number of benzene rings is 1. The summed E-state index contributed by atoms with van der Waals surface area (Å²) in [4.78, 5) is 14.1. The van der Waals surface area contributed by atoms with E-state index >= 15 is 0 Å². The summed E-state index contributed by atoms with van der Waals surface area (Å²) in [5.41, 5.74) is 0.170. The summed E-state index contributed by atoms with van der Waals surface area (Å²) in [5.74, 6) is -0.603. The van der Waals surface area contributed by atoms with Crippen LogP contribution in [-0.4, -0.2) is 44.2 Å². The molecule has 1 aromatic carbocycles. The molecule has 0 radical (unpaired) electrons. The van der Waals surface area contributed by atoms with Crippen LogP contribution in [0.4, 0.5) is 9.18 Å². The van der Waals surface area contributed by atoms with E-state index in [4.69, 9.17) is 4.74 Å². The minimum absolute atomic E-state index is 0.0793. The second-order valence-electron chi connectivity index (χ2n) is 7.14. The zero-order valence-electron chi connectivity index (χ0n) is 14.5. The van der Waals surface area contributed by atoms with Crippen molar-refractivity contribution in [2.45, 2.75) is 51.8 Å². The average molecular weight is 345 g/mol. The summed E-state index contributed by atoms with van der Waals surface area (Å²) >= 11 is 0. The standard InChI is InChI=1S/C17H20FN5O2/c1-17(2,3)25-16(24)22-8-4-5-11(22)10-23-15-12(9-19)13(18)6-7-14(15)20-21-23/h6-7,11H,4-5,8,10H2,1-3H3. The number of carbonyl (C=O) groups is 1. The van der Waals surface area contributed by atoms with Crippen LogP contribution in [0.25, 0.3) is 11.0 Å². The van der Waals surface area contributed by atoms with Gasteiger partial charge in [-0.15, -0.1) is 5.10 Å². The SMILES string of the molecule is CC(C)(C)OC(=O)N1CCCC1Cn1nnc2ccc(F)c(C#N)c21. The number of rotatable bonds is 2. The highest BCUT2D eigenvalue weighted by Gasteiger charge is 2.33. The molecular weight excluding hydrogens is 325 g/mol. The fourth-order valence-corrected chi connectivity index (χ4v) is 3.06. The van der Waals surface area contributed by atoms with Gasteiger partial charge in [-0.2, -0.15) is 5.26 Å². The van der Waals surface area contributed by atoms with Crippen molar-refractivity contribution in [2.75, 3.05) is 6.54 Å². The lowest BCUT2D eigenvalue weighted by Gasteiger charge is -2.28. The zero-order chi connectivity index (χ0) is 18.2. The molecule has 0 aliphatic carbocycles. The number of halogens is 1. The normalized spacial score (nSPS) is 17.7. The van der Waals surface area contributed by atoms with Crippen LogP contribution in [0.5, 0.6) is 0 Å². The van der Waals surface area contributed by atoms with Crippen LogP contribution in [0.15, 0.2) is 12.1 Å². The largest absolute Gasteiger partial charge is 0.444 e. The number of nitriles is 1. The first-order valence-corrected chi connectivity index (χ1v) is 8.21. The fraction of sp³-hybridized carbons (Fsp3) is 0.529. The molecule has 8 heteroatoms. The van der Waals surface area contributed by atoms with E-state index in [0.717, 1.165) is 12.8 Å². The zero-order valence-corrected chi connectivity index (χ0v) is 14.5. The maximum absolute atomic E-state index is 13.9. The maximum atomic E-state index is 13.9. The van der Waals surface area contributed by atoms with Gasteiger partial charge < -0.3 is 9.64 Å². The molecule has 1 saturated heterocycles. The molecule has 0 saturated carbocycles. The van der Waals surface area contributed by atoms with E-state index < -0.39 is 11.4 Å². The number of carbonyl (C=O) groups excluding carboxylic acids is 1. The van der Waals surface area contributed by atoms with Crippen molar-refractivity contribution in [1.29, 1.82) is 5.26 Å². The predicted octanol–water partition coefficient (Wildman–Crippen LogP) is 2.84. The van der Waals surface area contributed by atoms with E-state index in [1.54, 1.807) is 4.90 Å². The summed E-state index contributed by atoms with van der Waals surface area (Å²) in [7, 11) is 0. The molecule has 0 spiro atoms. The lowest BCUT2D eigenvalue weighted by molar-refractivity contribution is 0.0212. The summed E-state index contributed by atoms with van der Waals surface area (Å²) in [6, 6.07) is 4.45. The monoisotopic (exact) mass is 345 g/mol. The summed E-state index contributed by atoms with van der Waals surface area (Å²) in [6.45, 7) is 6.41. The molecule has 1 atom stereocenters. The predicted molar refractivity (Wildman–Crippen MR) is 88.2 cm³/mol. The first-order chi connectivity index (χ1) is 11.8. The fourth-order valence-electron chi connectivity index (χ4n) is 3.06. The van der Waals surface area contributed by atoms with Gasteiger partial charge in [-0.3, -0.25) is 0 Å². The molecule has 0 N–H and O–H groups in total. The molecule has 1 amide bonds. The van der Waals surface area contributed by atoms with Crippen molar-refractivity contribution in [3.05, 3.63) is 23.5 Å². The van der Waals surface area contributed by atoms with E-state index in [0.29, 0.717) is 24.1 Å². The first kappa shape index (κ1) is 17.1. The van der Waals surface area contributed by atoms with E-state index in [-0.39, 0.29) is 17.7 Å². The van der Waals surface area contributed by atoms with Crippen molar-refractivity contribution in [1.82, 2.24) is 19.9 Å². The van der Waals surface area contributed by atoms with Crippen LogP contribution in [0.3, 0.4) is 0 Å². The van der Waals surface area contributed by atoms with Gasteiger partial charge in [0.2, 0.25) is 0 Å². The molecule has 1 aliphatic heterocycles. The molecule has 3 rings (SSSR count). The van der Waals surface area contributed by atoms with Crippen LogP contribution < -0.4 is 0 Å². The van der Waals surface area contributed by atoms with Gasteiger partial charge in [0.25, 0.3) is 0 Å². The van der Waals surface area contributed by atoms with Gasteiger partial charge in [0.05, 0.1) is 12.6 Å². The highest BCUT2D eigenvalue weighted by Crippen LogP contribution is 2.25. The van der Waals surface area contributed by atoms with Gasteiger partial charge in [-0.25, -0.2) is 13.9 Å². The third-order valence-corrected chi connectivity index (χ3v) is 4.12. The Balaban J connectivity index is 1.87. The molecule has 0 bridgehead atoms. The number of nitrogens with zero attached hydrogens (tertiary/aromatic N) is 5. The Morgan fingerprint density at radius 3 is 2.92 bits per heavy atom. The van der Waals surface area contributed by atoms with Gasteiger partial charge in [0.1, 0.15) is 34.1 Å². The Bertz CT molecular complexity index is 849. The third kappa shape index (κ3) is 3.40. The van der Waals surface area contributed by atoms with Crippen LogP contribution in [0, 0.1) is 17.1 Å². The van der Waals surface area contributed by atoms with Crippen LogP contribution in [0.1, 0.15) is 39.2 Å². The van der Waals surface area contributed by atoms with E-state index in [1.807, 2.05) is 26.8 Å². The number of ether oxygens (including phenoxy) is 1. The van der Waals surface area contributed by atoms with Gasteiger partial charge in [-0.1, -0.05) is 5.21 Å².